The summed E-state index contributed by atoms with van der Waals surface area (Å²) in [5.74, 6) is 0.228. The van der Waals surface area contributed by atoms with Crippen LogP contribution in [-0.2, 0) is 28.0 Å². The number of likely N-dealkylation sites (tertiary alicyclic amines) is 1. The molecular formula is C25H24F3N5O2S. The number of thiazole rings is 1. The Morgan fingerprint density at radius 2 is 1.97 bits per heavy atom. The third-order valence-electron chi connectivity index (χ3n) is 7.35. The molecule has 36 heavy (non-hydrogen) atoms. The van der Waals surface area contributed by atoms with Crippen LogP contribution in [0.2, 0.25) is 0 Å². The molecule has 11 heteroatoms. The second kappa shape index (κ2) is 8.43. The Morgan fingerprint density at radius 1 is 1.22 bits per heavy atom. The van der Waals surface area contributed by atoms with Crippen LogP contribution in [0.3, 0.4) is 0 Å². The van der Waals surface area contributed by atoms with E-state index < -0.39 is 11.9 Å². The van der Waals surface area contributed by atoms with Gasteiger partial charge in [0.15, 0.2) is 11.3 Å². The SMILES string of the molecule is Cc1cc(C(F)(F)F)nn1CC(=O)N1CCC(c2nc(C3=NOC4(c5ccccc5)CC34)cs2)CC1. The predicted molar refractivity (Wildman–Crippen MR) is 126 cm³/mol. The molecule has 0 bridgehead atoms. The van der Waals surface area contributed by atoms with E-state index in [0.29, 0.717) is 18.8 Å². The number of aromatic nitrogens is 3. The molecular weight excluding hydrogens is 491 g/mol. The minimum Gasteiger partial charge on any atom is -0.383 e. The summed E-state index contributed by atoms with van der Waals surface area (Å²) in [7, 11) is 0. The maximum absolute atomic E-state index is 12.9. The van der Waals surface area contributed by atoms with Gasteiger partial charge in [-0.05, 0) is 31.4 Å². The largest absolute Gasteiger partial charge is 0.435 e. The van der Waals surface area contributed by atoms with Gasteiger partial charge in [0.25, 0.3) is 0 Å². The van der Waals surface area contributed by atoms with Gasteiger partial charge in [-0.25, -0.2) is 4.98 Å². The van der Waals surface area contributed by atoms with Crippen LogP contribution in [0.5, 0.6) is 0 Å². The quantitative estimate of drug-likeness (QED) is 0.493. The molecule has 7 nitrogen and oxygen atoms in total. The monoisotopic (exact) mass is 515 g/mol. The van der Waals surface area contributed by atoms with Gasteiger partial charge in [-0.15, -0.1) is 11.3 Å². The Kier molecular flexibility index (Phi) is 5.43. The fraction of sp³-hybridized carbons (Fsp3) is 0.440. The smallest absolute Gasteiger partial charge is 0.383 e. The van der Waals surface area contributed by atoms with E-state index in [2.05, 4.69) is 22.4 Å². The van der Waals surface area contributed by atoms with Crippen LogP contribution in [-0.4, -0.2) is 44.4 Å². The Bertz CT molecular complexity index is 1330. The molecule has 0 N–H and O–H groups in total. The summed E-state index contributed by atoms with van der Waals surface area (Å²) in [6, 6.07) is 11.1. The number of benzene rings is 1. The molecule has 3 aliphatic rings. The molecule has 2 atom stereocenters. The van der Waals surface area contributed by atoms with Gasteiger partial charge >= 0.3 is 6.18 Å². The molecule has 2 aromatic heterocycles. The normalized spacial score (nSPS) is 23.8. The lowest BCUT2D eigenvalue weighted by Gasteiger charge is -2.31. The van der Waals surface area contributed by atoms with Crippen molar-refractivity contribution in [1.82, 2.24) is 19.7 Å². The number of alkyl halides is 3. The van der Waals surface area contributed by atoms with Crippen LogP contribution in [0.25, 0.3) is 0 Å². The van der Waals surface area contributed by atoms with Crippen molar-refractivity contribution in [3.05, 3.63) is 69.4 Å². The first-order chi connectivity index (χ1) is 17.2. The van der Waals surface area contributed by atoms with Crippen molar-refractivity contribution >= 4 is 23.0 Å². The lowest BCUT2D eigenvalue weighted by Crippen LogP contribution is -2.40. The van der Waals surface area contributed by atoms with Crippen molar-refractivity contribution in [2.24, 2.45) is 11.1 Å². The highest BCUT2D eigenvalue weighted by molar-refractivity contribution is 7.10. The van der Waals surface area contributed by atoms with Crippen molar-refractivity contribution < 1.29 is 22.8 Å². The number of amides is 1. The van der Waals surface area contributed by atoms with Crippen LogP contribution >= 0.6 is 11.3 Å². The molecule has 0 spiro atoms. The van der Waals surface area contributed by atoms with Crippen molar-refractivity contribution in [1.29, 1.82) is 0 Å². The minimum absolute atomic E-state index is 0.196. The molecule has 188 valence electrons. The number of nitrogens with zero attached hydrogens (tertiary/aromatic N) is 5. The maximum atomic E-state index is 12.9. The van der Waals surface area contributed by atoms with E-state index >= 15 is 0 Å². The van der Waals surface area contributed by atoms with E-state index in [9.17, 15) is 18.0 Å². The van der Waals surface area contributed by atoms with E-state index in [4.69, 9.17) is 9.82 Å². The third kappa shape index (κ3) is 3.99. The lowest BCUT2D eigenvalue weighted by molar-refractivity contribution is -0.142. The maximum Gasteiger partial charge on any atom is 0.435 e. The number of rotatable bonds is 5. The minimum atomic E-state index is -4.53. The van der Waals surface area contributed by atoms with Gasteiger partial charge in [0.05, 0.1) is 16.6 Å². The Morgan fingerprint density at radius 3 is 2.64 bits per heavy atom. The average Bonchev–Trinajstić information content (AvgIpc) is 3.19. The summed E-state index contributed by atoms with van der Waals surface area (Å²) in [5, 5.41) is 11.0. The van der Waals surface area contributed by atoms with Gasteiger partial charge < -0.3 is 9.74 Å². The number of aryl methyl sites for hydroxylation is 1. The topological polar surface area (TPSA) is 72.6 Å². The third-order valence-corrected chi connectivity index (χ3v) is 8.35. The number of hydrogen-bond donors (Lipinski definition) is 0. The van der Waals surface area contributed by atoms with E-state index in [0.717, 1.165) is 52.0 Å². The highest BCUT2D eigenvalue weighted by Crippen LogP contribution is 2.60. The second-order valence-corrected chi connectivity index (χ2v) is 10.5. The molecule has 2 fully saturated rings. The number of piperidine rings is 1. The standard InChI is InChI=1S/C25H24F3N5O2S/c1-15-11-20(25(26,27)28)30-33(15)13-21(34)32-9-7-16(8-10-32)23-29-19(14-36-23)22-18-12-24(18,35-31-22)17-5-3-2-4-6-17/h2-6,11,14,16,18H,7-10,12-13H2,1H3. The van der Waals surface area contributed by atoms with E-state index in [1.54, 1.807) is 16.2 Å². The van der Waals surface area contributed by atoms with E-state index in [1.165, 1.54) is 6.92 Å². The molecule has 6 rings (SSSR count). The van der Waals surface area contributed by atoms with Gasteiger partial charge in [0.2, 0.25) is 5.91 Å². The first-order valence-electron chi connectivity index (χ1n) is 11.9. The van der Waals surface area contributed by atoms with Gasteiger partial charge in [0, 0.05) is 36.5 Å². The van der Waals surface area contributed by atoms with Gasteiger partial charge in [-0.2, -0.15) is 18.3 Å². The Labute approximate surface area is 209 Å². The van der Waals surface area contributed by atoms with Crippen LogP contribution < -0.4 is 0 Å². The number of halogens is 3. The van der Waals surface area contributed by atoms with Gasteiger partial charge in [-0.3, -0.25) is 9.48 Å². The highest BCUT2D eigenvalue weighted by Gasteiger charge is 2.65. The zero-order valence-electron chi connectivity index (χ0n) is 19.5. The van der Waals surface area contributed by atoms with Crippen LogP contribution in [0, 0.1) is 12.8 Å². The number of oxime groups is 1. The predicted octanol–water partition coefficient (Wildman–Crippen LogP) is 4.72. The number of hydrogen-bond acceptors (Lipinski definition) is 6. The highest BCUT2D eigenvalue weighted by atomic mass is 32.1. The molecule has 4 heterocycles. The summed E-state index contributed by atoms with van der Waals surface area (Å²) in [4.78, 5) is 25.2. The first kappa shape index (κ1) is 23.2. The van der Waals surface area contributed by atoms with Crippen molar-refractivity contribution in [3.8, 4) is 0 Å². The molecule has 1 aromatic carbocycles. The number of carbonyl (C=O) groups is 1. The Balaban J connectivity index is 1.06. The Hall–Kier alpha value is -3.21. The molecule has 1 aliphatic carbocycles. The van der Waals surface area contributed by atoms with Crippen molar-refractivity contribution in [2.45, 2.75) is 50.4 Å². The van der Waals surface area contributed by atoms with Gasteiger partial charge in [0.1, 0.15) is 12.3 Å². The molecule has 1 saturated heterocycles. The summed E-state index contributed by atoms with van der Waals surface area (Å²) in [6.45, 7) is 2.40. The fourth-order valence-corrected chi connectivity index (χ4v) is 6.16. The lowest BCUT2D eigenvalue weighted by atomic mass is 9.97. The average molecular weight is 516 g/mol. The summed E-state index contributed by atoms with van der Waals surface area (Å²) in [6.07, 6.45) is -2.11. The summed E-state index contributed by atoms with van der Waals surface area (Å²) >= 11 is 1.61. The molecule has 1 saturated carbocycles. The van der Waals surface area contributed by atoms with Crippen LogP contribution in [0.1, 0.15) is 52.8 Å². The van der Waals surface area contributed by atoms with E-state index in [1.807, 2.05) is 23.6 Å². The molecule has 3 aromatic rings. The van der Waals surface area contributed by atoms with E-state index in [-0.39, 0.29) is 29.9 Å². The zero-order chi connectivity index (χ0) is 25.1. The molecule has 0 radical (unpaired) electrons. The number of carbonyl (C=O) groups excluding carboxylic acids is 1. The zero-order valence-corrected chi connectivity index (χ0v) is 20.3. The number of fused-ring (bicyclic) bond motifs is 1. The van der Waals surface area contributed by atoms with Crippen molar-refractivity contribution in [2.75, 3.05) is 13.1 Å². The first-order valence-corrected chi connectivity index (χ1v) is 12.8. The van der Waals surface area contributed by atoms with Crippen molar-refractivity contribution in [3.63, 3.8) is 0 Å². The van der Waals surface area contributed by atoms with Crippen LogP contribution in [0.4, 0.5) is 13.2 Å². The van der Waals surface area contributed by atoms with Crippen LogP contribution in [0.15, 0.2) is 46.9 Å². The van der Waals surface area contributed by atoms with Gasteiger partial charge in [-0.1, -0.05) is 35.5 Å². The summed E-state index contributed by atoms with van der Waals surface area (Å²) in [5.41, 5.74) is 1.90. The fourth-order valence-electron chi connectivity index (χ4n) is 5.18. The summed E-state index contributed by atoms with van der Waals surface area (Å²) < 4.78 is 39.9. The second-order valence-electron chi connectivity index (χ2n) is 9.63. The molecule has 2 aliphatic heterocycles. The molecule has 2 unspecified atom stereocenters. The molecule has 1 amide bonds.